The van der Waals surface area contributed by atoms with E-state index in [-0.39, 0.29) is 5.72 Å². The second-order valence-electron chi connectivity index (χ2n) is 7.40. The van der Waals surface area contributed by atoms with Gasteiger partial charge < -0.3 is 0 Å². The summed E-state index contributed by atoms with van der Waals surface area (Å²) in [5.74, 6) is 1.30. The van der Waals surface area contributed by atoms with Crippen LogP contribution >= 0.6 is 11.6 Å². The molecule has 4 fully saturated rings. The number of benzene rings is 2. The number of rotatable bonds is 2. The van der Waals surface area contributed by atoms with E-state index >= 15 is 0 Å². The molecule has 1 spiro atoms. The van der Waals surface area contributed by atoms with E-state index in [1.54, 1.807) is 0 Å². The van der Waals surface area contributed by atoms with Crippen molar-refractivity contribution in [3.63, 3.8) is 0 Å². The molecule has 5 heteroatoms. The Labute approximate surface area is 153 Å². The molecule has 2 bridgehead atoms. The molecule has 6 rings (SSSR count). The van der Waals surface area contributed by atoms with E-state index < -0.39 is 0 Å². The van der Waals surface area contributed by atoms with Crippen LogP contribution in [0.3, 0.4) is 0 Å². The van der Waals surface area contributed by atoms with Crippen molar-refractivity contribution < 1.29 is 4.84 Å². The van der Waals surface area contributed by atoms with E-state index in [0.717, 1.165) is 28.7 Å². The number of hydrogen-bond acceptors (Lipinski definition) is 4. The Hall–Kier alpha value is -1.75. The van der Waals surface area contributed by atoms with Crippen molar-refractivity contribution in [2.75, 3.05) is 10.1 Å². The van der Waals surface area contributed by atoms with Gasteiger partial charge >= 0.3 is 0 Å². The number of halogens is 1. The third-order valence-corrected chi connectivity index (χ3v) is 6.26. The van der Waals surface area contributed by atoms with Crippen LogP contribution in [0.2, 0.25) is 5.02 Å². The molecule has 0 radical (unpaired) electrons. The van der Waals surface area contributed by atoms with Gasteiger partial charge in [-0.2, -0.15) is 5.12 Å². The maximum atomic E-state index is 6.35. The van der Waals surface area contributed by atoms with E-state index in [1.807, 2.05) is 29.4 Å². The number of fused-ring (bicyclic) bond motifs is 2. The fraction of sp³-hybridized carbons (Fsp3) is 0.400. The molecule has 0 amide bonds. The summed E-state index contributed by atoms with van der Waals surface area (Å²) in [6.45, 7) is 0. The molecule has 2 aromatic carbocycles. The zero-order chi connectivity index (χ0) is 16.9. The Balaban J connectivity index is 1.59. The number of hydrogen-bond donors (Lipinski definition) is 1. The molecule has 3 saturated carbocycles. The van der Waals surface area contributed by atoms with Crippen LogP contribution in [-0.4, -0.2) is 5.72 Å². The third-order valence-electron chi connectivity index (χ3n) is 6.01. The molecular weight excluding hydrogens is 334 g/mol. The van der Waals surface area contributed by atoms with Gasteiger partial charge in [0.05, 0.1) is 11.4 Å². The lowest BCUT2D eigenvalue weighted by atomic mass is 9.65. The van der Waals surface area contributed by atoms with Crippen molar-refractivity contribution >= 4 is 23.0 Å². The predicted molar refractivity (Wildman–Crippen MR) is 99.9 cm³/mol. The van der Waals surface area contributed by atoms with Crippen LogP contribution in [0.4, 0.5) is 11.4 Å². The highest BCUT2D eigenvalue weighted by atomic mass is 35.5. The van der Waals surface area contributed by atoms with Crippen molar-refractivity contribution in [1.82, 2.24) is 5.59 Å². The summed E-state index contributed by atoms with van der Waals surface area (Å²) in [7, 11) is 0. The lowest BCUT2D eigenvalue weighted by Gasteiger charge is -2.52. The van der Waals surface area contributed by atoms with Gasteiger partial charge in [0.1, 0.15) is 0 Å². The van der Waals surface area contributed by atoms with E-state index in [9.17, 15) is 0 Å². The van der Waals surface area contributed by atoms with Crippen molar-refractivity contribution in [1.29, 1.82) is 0 Å². The number of para-hydroxylation sites is 1. The van der Waals surface area contributed by atoms with Crippen molar-refractivity contribution in [3.05, 3.63) is 59.6 Å². The van der Waals surface area contributed by atoms with Gasteiger partial charge in [-0.1, -0.05) is 35.4 Å². The largest absolute Gasteiger partial charge is 0.250 e. The smallest absolute Gasteiger partial charge is 0.186 e. The van der Waals surface area contributed by atoms with Gasteiger partial charge in [0.15, 0.2) is 5.72 Å². The molecule has 4 nitrogen and oxygen atoms in total. The second-order valence-corrected chi connectivity index (χ2v) is 7.83. The standard InChI is InChI=1S/C20H22ClN3O/c21-17-10-12-19(13-11-17)24-22-25-20(14-15-6-8-16(20)9-7-15)23(24)18-4-2-1-3-5-18/h1-5,10-13,15-16,22H,6-9,14H2. The van der Waals surface area contributed by atoms with Gasteiger partial charge in [-0.3, -0.25) is 4.84 Å². The topological polar surface area (TPSA) is 27.7 Å². The summed E-state index contributed by atoms with van der Waals surface area (Å²) >= 11 is 6.08. The Morgan fingerprint density at radius 2 is 1.64 bits per heavy atom. The summed E-state index contributed by atoms with van der Waals surface area (Å²) < 4.78 is 0. The van der Waals surface area contributed by atoms with Gasteiger partial charge in [0.2, 0.25) is 0 Å². The summed E-state index contributed by atoms with van der Waals surface area (Å²) in [5, 5.41) is 5.10. The first-order valence-electron chi connectivity index (χ1n) is 9.11. The maximum absolute atomic E-state index is 6.35. The minimum Gasteiger partial charge on any atom is -0.250 e. The third kappa shape index (κ3) is 2.43. The first-order valence-corrected chi connectivity index (χ1v) is 9.49. The Bertz CT molecular complexity index is 745. The molecule has 3 aliphatic carbocycles. The first kappa shape index (κ1) is 15.5. The minimum absolute atomic E-state index is 0.303. The fourth-order valence-electron chi connectivity index (χ4n) is 4.81. The summed E-state index contributed by atoms with van der Waals surface area (Å²) in [4.78, 5) is 6.35. The molecule has 1 unspecified atom stereocenters. The van der Waals surface area contributed by atoms with Crippen LogP contribution in [0.25, 0.3) is 0 Å². The van der Waals surface area contributed by atoms with Gasteiger partial charge in [-0.25, -0.2) is 5.01 Å². The van der Waals surface area contributed by atoms with Crippen LogP contribution in [0.15, 0.2) is 54.6 Å². The molecule has 4 aliphatic rings. The number of anilines is 2. The van der Waals surface area contributed by atoms with Gasteiger partial charge in [0.25, 0.3) is 0 Å². The molecule has 0 aromatic heterocycles. The molecule has 1 heterocycles. The van der Waals surface area contributed by atoms with E-state index in [2.05, 4.69) is 40.9 Å². The quantitative estimate of drug-likeness (QED) is 0.827. The zero-order valence-corrected chi connectivity index (χ0v) is 14.8. The first-order chi connectivity index (χ1) is 12.3. The second kappa shape index (κ2) is 5.90. The highest BCUT2D eigenvalue weighted by Gasteiger charge is 2.58. The molecule has 130 valence electrons. The number of nitrogens with one attached hydrogen (secondary N) is 1. The van der Waals surface area contributed by atoms with Crippen molar-refractivity contribution in [3.8, 4) is 0 Å². The number of nitrogens with zero attached hydrogens (tertiary/aromatic N) is 2. The molecule has 2 aromatic rings. The van der Waals surface area contributed by atoms with Crippen LogP contribution in [0, 0.1) is 11.8 Å². The molecular formula is C20H22ClN3O. The molecule has 1 aliphatic heterocycles. The van der Waals surface area contributed by atoms with Crippen LogP contribution in [0.1, 0.15) is 32.1 Å². The minimum atomic E-state index is -0.303. The van der Waals surface area contributed by atoms with Crippen LogP contribution in [-0.2, 0) is 4.84 Å². The predicted octanol–water partition coefficient (Wildman–Crippen LogP) is 4.92. The van der Waals surface area contributed by atoms with Gasteiger partial charge in [-0.15, -0.1) is 0 Å². The highest BCUT2D eigenvalue weighted by molar-refractivity contribution is 6.30. The van der Waals surface area contributed by atoms with E-state index in [4.69, 9.17) is 16.4 Å². The Morgan fingerprint density at radius 3 is 2.28 bits per heavy atom. The Kier molecular flexibility index (Phi) is 3.66. The van der Waals surface area contributed by atoms with Crippen LogP contribution < -0.4 is 15.7 Å². The molecule has 1 saturated heterocycles. The number of hydrazine groups is 2. The SMILES string of the molecule is Clc1ccc(N2NOC3(CC4CCC3CC4)N2c2ccccc2)cc1. The Morgan fingerprint density at radius 1 is 0.920 bits per heavy atom. The normalized spacial score (nSPS) is 31.1. The lowest BCUT2D eigenvalue weighted by molar-refractivity contribution is -0.142. The average Bonchev–Trinajstić information content (AvgIpc) is 3.02. The zero-order valence-electron chi connectivity index (χ0n) is 14.1. The highest BCUT2D eigenvalue weighted by Crippen LogP contribution is 2.53. The summed E-state index contributed by atoms with van der Waals surface area (Å²) in [6.07, 6.45) is 6.22. The van der Waals surface area contributed by atoms with Gasteiger partial charge in [-0.05, 0) is 68.0 Å². The molecule has 1 N–H and O–H groups in total. The summed E-state index contributed by atoms with van der Waals surface area (Å²) in [6, 6.07) is 18.4. The maximum Gasteiger partial charge on any atom is 0.186 e. The van der Waals surface area contributed by atoms with Gasteiger partial charge in [0, 0.05) is 17.4 Å². The lowest BCUT2D eigenvalue weighted by Crippen LogP contribution is -2.60. The van der Waals surface area contributed by atoms with Crippen LogP contribution in [0.5, 0.6) is 0 Å². The molecule has 1 atom stereocenters. The van der Waals surface area contributed by atoms with Crippen molar-refractivity contribution in [2.45, 2.75) is 37.8 Å². The van der Waals surface area contributed by atoms with E-state index in [0.29, 0.717) is 5.92 Å². The van der Waals surface area contributed by atoms with Crippen molar-refractivity contribution in [2.24, 2.45) is 11.8 Å². The monoisotopic (exact) mass is 355 g/mol. The fourth-order valence-corrected chi connectivity index (χ4v) is 4.94. The van der Waals surface area contributed by atoms with E-state index in [1.165, 1.54) is 25.7 Å². The molecule has 25 heavy (non-hydrogen) atoms. The average molecular weight is 356 g/mol. The summed E-state index contributed by atoms with van der Waals surface area (Å²) in [5.41, 5.74) is 5.07.